The van der Waals surface area contributed by atoms with E-state index in [1.807, 2.05) is 19.2 Å². The number of hydrogen-bond acceptors (Lipinski definition) is 7. The van der Waals surface area contributed by atoms with E-state index in [0.29, 0.717) is 28.4 Å². The van der Waals surface area contributed by atoms with E-state index in [2.05, 4.69) is 53.1 Å². The number of H-pyrrole nitrogens is 1. The van der Waals surface area contributed by atoms with Crippen LogP contribution < -0.4 is 16.0 Å². The minimum Gasteiger partial charge on any atom is -0.507 e. The van der Waals surface area contributed by atoms with Crippen LogP contribution in [0.15, 0.2) is 33.5 Å². The second-order valence-corrected chi connectivity index (χ2v) is 9.22. The summed E-state index contributed by atoms with van der Waals surface area (Å²) in [7, 11) is 2.05. The highest BCUT2D eigenvalue weighted by Gasteiger charge is 2.39. The molecule has 0 bridgehead atoms. The first-order valence-corrected chi connectivity index (χ1v) is 9.75. The molecule has 3 heterocycles. The molecule has 0 amide bonds. The molecule has 3 N–H and O–H groups in total. The van der Waals surface area contributed by atoms with Crippen molar-refractivity contribution < 1.29 is 9.52 Å². The van der Waals surface area contributed by atoms with Crippen molar-refractivity contribution in [3.8, 4) is 17.0 Å². The summed E-state index contributed by atoms with van der Waals surface area (Å²) >= 11 is 0. The molecule has 8 nitrogen and oxygen atoms in total. The Morgan fingerprint density at radius 2 is 1.83 bits per heavy atom. The molecule has 29 heavy (non-hydrogen) atoms. The molecule has 0 atom stereocenters. The molecule has 1 aromatic carbocycles. The topological polar surface area (TPSA) is 107 Å². The number of nitrogens with one attached hydrogen (secondary N) is 2. The van der Waals surface area contributed by atoms with Crippen molar-refractivity contribution in [1.82, 2.24) is 20.5 Å². The Hall–Kier alpha value is -2.87. The summed E-state index contributed by atoms with van der Waals surface area (Å²) in [4.78, 5) is 16.1. The van der Waals surface area contributed by atoms with Gasteiger partial charge < -0.3 is 19.7 Å². The number of rotatable bonds is 3. The standard InChI is InChI=1S/C21H27N5O3/c1-20(2)10-12(11-21(3,4)25-20)26(5)18-7-6-14(23-24-18)13-8-15-17(9-16(13)27)29-19(28)22-15/h6-9,12,25,27H,10-11H2,1-5H3,(H,22,28). The van der Waals surface area contributed by atoms with Crippen LogP contribution in [-0.4, -0.2) is 44.5 Å². The molecule has 0 saturated carbocycles. The summed E-state index contributed by atoms with van der Waals surface area (Å²) in [5.74, 6) is 0.203. The molecule has 0 radical (unpaired) electrons. The highest BCUT2D eigenvalue weighted by Crippen LogP contribution is 2.34. The summed E-state index contributed by atoms with van der Waals surface area (Å²) in [6.45, 7) is 8.90. The zero-order valence-electron chi connectivity index (χ0n) is 17.4. The maximum Gasteiger partial charge on any atom is 0.417 e. The number of phenolic OH excluding ortho intramolecular Hbond substituents is 1. The summed E-state index contributed by atoms with van der Waals surface area (Å²) < 4.78 is 4.97. The Labute approximate surface area is 169 Å². The number of fused-ring (bicyclic) bond motifs is 1. The average molecular weight is 397 g/mol. The van der Waals surface area contributed by atoms with Gasteiger partial charge in [-0.2, -0.15) is 0 Å². The number of hydrogen-bond donors (Lipinski definition) is 3. The molecule has 3 aromatic rings. The van der Waals surface area contributed by atoms with Crippen molar-refractivity contribution >= 4 is 16.9 Å². The Bertz CT molecular complexity index is 1080. The van der Waals surface area contributed by atoms with E-state index in [-0.39, 0.29) is 16.8 Å². The van der Waals surface area contributed by atoms with Crippen LogP contribution in [0.3, 0.4) is 0 Å². The first-order valence-electron chi connectivity index (χ1n) is 9.75. The van der Waals surface area contributed by atoms with Gasteiger partial charge in [0, 0.05) is 35.8 Å². The zero-order valence-corrected chi connectivity index (χ0v) is 17.4. The number of benzene rings is 1. The molecule has 154 valence electrons. The SMILES string of the molecule is CN(c1ccc(-c2cc3[nH]c(=O)oc3cc2O)nn1)C1CC(C)(C)NC(C)(C)C1. The maximum absolute atomic E-state index is 11.4. The largest absolute Gasteiger partial charge is 0.507 e. The number of nitrogens with zero attached hydrogens (tertiary/aromatic N) is 3. The molecule has 4 rings (SSSR count). The van der Waals surface area contributed by atoms with Gasteiger partial charge in [-0.3, -0.25) is 4.98 Å². The first-order chi connectivity index (χ1) is 13.5. The molecule has 1 aliphatic heterocycles. The van der Waals surface area contributed by atoms with Crippen LogP contribution in [0.1, 0.15) is 40.5 Å². The van der Waals surface area contributed by atoms with Crippen LogP contribution in [-0.2, 0) is 0 Å². The van der Waals surface area contributed by atoms with Crippen LogP contribution in [0.4, 0.5) is 5.82 Å². The number of anilines is 1. The van der Waals surface area contributed by atoms with Gasteiger partial charge in [-0.15, -0.1) is 10.2 Å². The molecular weight excluding hydrogens is 370 g/mol. The second-order valence-electron chi connectivity index (χ2n) is 9.22. The summed E-state index contributed by atoms with van der Waals surface area (Å²) in [6, 6.07) is 7.12. The van der Waals surface area contributed by atoms with Gasteiger partial charge in [0.1, 0.15) is 5.75 Å². The van der Waals surface area contributed by atoms with E-state index in [9.17, 15) is 9.90 Å². The van der Waals surface area contributed by atoms with Gasteiger partial charge in [0.2, 0.25) is 0 Å². The number of phenols is 1. The smallest absolute Gasteiger partial charge is 0.417 e. The molecule has 1 fully saturated rings. The maximum atomic E-state index is 11.4. The monoisotopic (exact) mass is 397 g/mol. The Kier molecular flexibility index (Phi) is 4.42. The van der Waals surface area contributed by atoms with Gasteiger partial charge >= 0.3 is 5.76 Å². The second kappa shape index (κ2) is 6.59. The number of aromatic amines is 1. The lowest BCUT2D eigenvalue weighted by atomic mass is 9.79. The highest BCUT2D eigenvalue weighted by atomic mass is 16.4. The molecule has 0 unspecified atom stereocenters. The van der Waals surface area contributed by atoms with Crippen molar-refractivity contribution in [2.75, 3.05) is 11.9 Å². The van der Waals surface area contributed by atoms with E-state index < -0.39 is 5.76 Å². The van der Waals surface area contributed by atoms with Crippen LogP contribution in [0.5, 0.6) is 5.75 Å². The van der Waals surface area contributed by atoms with Crippen molar-refractivity contribution in [3.05, 3.63) is 34.8 Å². The third-order valence-electron chi connectivity index (χ3n) is 5.54. The Morgan fingerprint density at radius 3 is 2.45 bits per heavy atom. The van der Waals surface area contributed by atoms with Crippen molar-refractivity contribution in [3.63, 3.8) is 0 Å². The summed E-state index contributed by atoms with van der Waals surface area (Å²) in [6.07, 6.45) is 2.00. The number of piperidine rings is 1. The predicted octanol–water partition coefficient (Wildman–Crippen LogP) is 3.03. The predicted molar refractivity (Wildman–Crippen MR) is 112 cm³/mol. The van der Waals surface area contributed by atoms with Crippen molar-refractivity contribution in [1.29, 1.82) is 0 Å². The molecule has 0 aliphatic carbocycles. The van der Waals surface area contributed by atoms with E-state index in [0.717, 1.165) is 18.7 Å². The molecule has 1 saturated heterocycles. The number of oxazole rings is 1. The minimum absolute atomic E-state index is 0.0162. The van der Waals surface area contributed by atoms with Gasteiger partial charge in [-0.05, 0) is 58.7 Å². The van der Waals surface area contributed by atoms with Crippen LogP contribution in [0.2, 0.25) is 0 Å². The van der Waals surface area contributed by atoms with Crippen LogP contribution in [0, 0.1) is 0 Å². The van der Waals surface area contributed by atoms with Crippen molar-refractivity contribution in [2.45, 2.75) is 57.7 Å². The third-order valence-corrected chi connectivity index (χ3v) is 5.54. The van der Waals surface area contributed by atoms with E-state index in [4.69, 9.17) is 4.42 Å². The van der Waals surface area contributed by atoms with E-state index in [1.54, 1.807) is 6.07 Å². The average Bonchev–Trinajstić information content (AvgIpc) is 2.97. The van der Waals surface area contributed by atoms with Gasteiger partial charge in [0.05, 0.1) is 11.2 Å². The molecule has 8 heteroatoms. The molecular formula is C21H27N5O3. The first kappa shape index (κ1) is 19.4. The molecule has 2 aromatic heterocycles. The van der Waals surface area contributed by atoms with E-state index in [1.165, 1.54) is 6.07 Å². The number of aromatic nitrogens is 3. The van der Waals surface area contributed by atoms with Gasteiger partial charge in [0.15, 0.2) is 11.4 Å². The van der Waals surface area contributed by atoms with Gasteiger partial charge in [-0.1, -0.05) is 0 Å². The summed E-state index contributed by atoms with van der Waals surface area (Å²) in [5, 5.41) is 22.7. The zero-order chi connectivity index (χ0) is 21.0. The summed E-state index contributed by atoms with van der Waals surface area (Å²) in [5.41, 5.74) is 1.89. The van der Waals surface area contributed by atoms with Crippen LogP contribution >= 0.6 is 0 Å². The fourth-order valence-corrected chi connectivity index (χ4v) is 4.58. The lowest BCUT2D eigenvalue weighted by molar-refractivity contribution is 0.160. The highest BCUT2D eigenvalue weighted by molar-refractivity contribution is 5.83. The molecule has 0 spiro atoms. The van der Waals surface area contributed by atoms with Crippen molar-refractivity contribution in [2.24, 2.45) is 0 Å². The molecule has 1 aliphatic rings. The van der Waals surface area contributed by atoms with Gasteiger partial charge in [0.25, 0.3) is 0 Å². The lowest BCUT2D eigenvalue weighted by Crippen LogP contribution is -2.62. The minimum atomic E-state index is -0.563. The Morgan fingerprint density at radius 1 is 1.14 bits per heavy atom. The quantitative estimate of drug-likeness (QED) is 0.623. The van der Waals surface area contributed by atoms with Gasteiger partial charge in [-0.25, -0.2) is 4.79 Å². The fourth-order valence-electron chi connectivity index (χ4n) is 4.58. The normalized spacial score (nSPS) is 18.8. The van der Waals surface area contributed by atoms with E-state index >= 15 is 0 Å². The number of aromatic hydroxyl groups is 1. The fraction of sp³-hybridized carbons (Fsp3) is 0.476. The third kappa shape index (κ3) is 3.85. The lowest BCUT2D eigenvalue weighted by Gasteiger charge is -2.49. The Balaban J connectivity index is 1.61. The van der Waals surface area contributed by atoms with Crippen LogP contribution in [0.25, 0.3) is 22.4 Å².